The second-order valence-corrected chi connectivity index (χ2v) is 3.95. The lowest BCUT2D eigenvalue weighted by Gasteiger charge is -2.25. The average molecular weight is 176 g/mol. The Hall–Kier alpha value is -1.02. The van der Waals surface area contributed by atoms with Crippen LogP contribution in [0.3, 0.4) is 0 Å². The molecule has 2 rings (SSSR count). The summed E-state index contributed by atoms with van der Waals surface area (Å²) in [5, 5.41) is 0. The molecule has 4 N–H and O–H groups in total. The lowest BCUT2D eigenvalue weighted by molar-refractivity contribution is 0.463. The first-order valence-electron chi connectivity index (χ1n) is 4.86. The van der Waals surface area contributed by atoms with Gasteiger partial charge in [0, 0.05) is 11.2 Å². The van der Waals surface area contributed by atoms with E-state index in [1.165, 1.54) is 12.8 Å². The fraction of sp³-hybridized carbons (Fsp3) is 0.455. The second-order valence-electron chi connectivity index (χ2n) is 3.95. The number of benzene rings is 1. The molecule has 2 heteroatoms. The van der Waals surface area contributed by atoms with E-state index in [0.717, 1.165) is 24.1 Å². The Morgan fingerprint density at radius 1 is 1.08 bits per heavy atom. The SMILES string of the molecule is Nc1ccccc1C1(N)CCCC1. The highest BCUT2D eigenvalue weighted by molar-refractivity contribution is 5.50. The molecule has 0 saturated heterocycles. The van der Waals surface area contributed by atoms with Gasteiger partial charge in [-0.25, -0.2) is 0 Å². The summed E-state index contributed by atoms with van der Waals surface area (Å²) in [6.45, 7) is 0. The largest absolute Gasteiger partial charge is 0.398 e. The Morgan fingerprint density at radius 3 is 2.31 bits per heavy atom. The van der Waals surface area contributed by atoms with Gasteiger partial charge < -0.3 is 11.5 Å². The number of hydrogen-bond donors (Lipinski definition) is 2. The van der Waals surface area contributed by atoms with Crippen molar-refractivity contribution in [2.75, 3.05) is 5.73 Å². The van der Waals surface area contributed by atoms with Crippen molar-refractivity contribution in [1.29, 1.82) is 0 Å². The van der Waals surface area contributed by atoms with Crippen molar-refractivity contribution >= 4 is 5.69 Å². The zero-order valence-corrected chi connectivity index (χ0v) is 7.79. The van der Waals surface area contributed by atoms with E-state index in [9.17, 15) is 0 Å². The van der Waals surface area contributed by atoms with E-state index in [4.69, 9.17) is 11.5 Å². The molecule has 2 nitrogen and oxygen atoms in total. The van der Waals surface area contributed by atoms with Crippen LogP contribution >= 0.6 is 0 Å². The Labute approximate surface area is 78.9 Å². The fourth-order valence-electron chi connectivity index (χ4n) is 2.23. The molecule has 0 spiro atoms. The quantitative estimate of drug-likeness (QED) is 0.643. The first-order valence-corrected chi connectivity index (χ1v) is 4.86. The van der Waals surface area contributed by atoms with Crippen LogP contribution in [0, 0.1) is 0 Å². The predicted molar refractivity (Wildman–Crippen MR) is 55.2 cm³/mol. The molecular weight excluding hydrogens is 160 g/mol. The van der Waals surface area contributed by atoms with Gasteiger partial charge in [0.15, 0.2) is 0 Å². The summed E-state index contributed by atoms with van der Waals surface area (Å²) in [6.07, 6.45) is 4.60. The molecule has 1 aromatic rings. The number of nitrogen functional groups attached to an aromatic ring is 1. The van der Waals surface area contributed by atoms with E-state index in [1.54, 1.807) is 0 Å². The number of rotatable bonds is 1. The maximum Gasteiger partial charge on any atom is 0.0430 e. The topological polar surface area (TPSA) is 52.0 Å². The van der Waals surface area contributed by atoms with Crippen molar-refractivity contribution in [3.63, 3.8) is 0 Å². The summed E-state index contributed by atoms with van der Waals surface area (Å²) >= 11 is 0. The van der Waals surface area contributed by atoms with Gasteiger partial charge in [0.1, 0.15) is 0 Å². The molecule has 0 amide bonds. The molecule has 1 aliphatic rings. The van der Waals surface area contributed by atoms with Crippen molar-refractivity contribution in [2.45, 2.75) is 31.2 Å². The molecule has 1 fully saturated rings. The van der Waals surface area contributed by atoms with Crippen molar-refractivity contribution in [2.24, 2.45) is 5.73 Å². The molecule has 1 aliphatic carbocycles. The van der Waals surface area contributed by atoms with Crippen LogP contribution in [-0.4, -0.2) is 0 Å². The zero-order valence-electron chi connectivity index (χ0n) is 7.79. The lowest BCUT2D eigenvalue weighted by atomic mass is 9.88. The number of nitrogens with two attached hydrogens (primary N) is 2. The van der Waals surface area contributed by atoms with Crippen molar-refractivity contribution in [3.8, 4) is 0 Å². The van der Waals surface area contributed by atoms with E-state index in [-0.39, 0.29) is 5.54 Å². The number of para-hydroxylation sites is 1. The van der Waals surface area contributed by atoms with Crippen LogP contribution < -0.4 is 11.5 Å². The van der Waals surface area contributed by atoms with Gasteiger partial charge in [-0.2, -0.15) is 0 Å². The minimum Gasteiger partial charge on any atom is -0.398 e. The van der Waals surface area contributed by atoms with Gasteiger partial charge in [-0.3, -0.25) is 0 Å². The summed E-state index contributed by atoms with van der Waals surface area (Å²) in [7, 11) is 0. The van der Waals surface area contributed by atoms with Gasteiger partial charge in [0.25, 0.3) is 0 Å². The molecule has 0 bridgehead atoms. The lowest BCUT2D eigenvalue weighted by Crippen LogP contribution is -2.33. The van der Waals surface area contributed by atoms with Gasteiger partial charge in [-0.15, -0.1) is 0 Å². The standard InChI is InChI=1S/C11H16N2/c12-10-6-2-1-5-9(10)11(13)7-3-4-8-11/h1-2,5-6H,3-4,7-8,12-13H2. The van der Waals surface area contributed by atoms with Crippen LogP contribution in [0.15, 0.2) is 24.3 Å². The maximum absolute atomic E-state index is 6.30. The maximum atomic E-state index is 6.30. The van der Waals surface area contributed by atoms with Crippen molar-refractivity contribution in [3.05, 3.63) is 29.8 Å². The Morgan fingerprint density at radius 2 is 1.69 bits per heavy atom. The van der Waals surface area contributed by atoms with Gasteiger partial charge in [0.2, 0.25) is 0 Å². The highest BCUT2D eigenvalue weighted by Gasteiger charge is 2.32. The van der Waals surface area contributed by atoms with Crippen LogP contribution in [-0.2, 0) is 5.54 Å². The van der Waals surface area contributed by atoms with Gasteiger partial charge in [-0.05, 0) is 24.5 Å². The molecule has 1 aromatic carbocycles. The summed E-state index contributed by atoms with van der Waals surface area (Å²) in [5.41, 5.74) is 14.0. The third-order valence-corrected chi connectivity index (χ3v) is 2.99. The van der Waals surface area contributed by atoms with Crippen LogP contribution in [0.4, 0.5) is 5.69 Å². The molecule has 0 atom stereocenters. The first-order chi connectivity index (χ1) is 6.22. The van der Waals surface area contributed by atoms with Crippen LogP contribution in [0.5, 0.6) is 0 Å². The Bertz CT molecular complexity index is 301. The number of hydrogen-bond acceptors (Lipinski definition) is 2. The Kier molecular flexibility index (Phi) is 2.00. The zero-order chi connectivity index (χ0) is 9.31. The van der Waals surface area contributed by atoms with Gasteiger partial charge in [-0.1, -0.05) is 31.0 Å². The summed E-state index contributed by atoms with van der Waals surface area (Å²) < 4.78 is 0. The van der Waals surface area contributed by atoms with Crippen molar-refractivity contribution < 1.29 is 0 Å². The minimum atomic E-state index is -0.147. The third-order valence-electron chi connectivity index (χ3n) is 2.99. The van der Waals surface area contributed by atoms with Crippen LogP contribution in [0.2, 0.25) is 0 Å². The fourth-order valence-corrected chi connectivity index (χ4v) is 2.23. The smallest absolute Gasteiger partial charge is 0.0430 e. The monoisotopic (exact) mass is 176 g/mol. The molecule has 0 heterocycles. The van der Waals surface area contributed by atoms with Gasteiger partial charge in [0.05, 0.1) is 0 Å². The van der Waals surface area contributed by atoms with E-state index < -0.39 is 0 Å². The molecule has 0 unspecified atom stereocenters. The second kappa shape index (κ2) is 3.04. The van der Waals surface area contributed by atoms with Gasteiger partial charge >= 0.3 is 0 Å². The average Bonchev–Trinajstić information content (AvgIpc) is 2.54. The molecule has 0 aliphatic heterocycles. The predicted octanol–water partition coefficient (Wildman–Crippen LogP) is 2.00. The van der Waals surface area contributed by atoms with Crippen molar-refractivity contribution in [1.82, 2.24) is 0 Å². The number of anilines is 1. The summed E-state index contributed by atoms with van der Waals surface area (Å²) in [6, 6.07) is 7.96. The molecule has 70 valence electrons. The molecular formula is C11H16N2. The molecule has 0 aromatic heterocycles. The molecule has 0 radical (unpaired) electrons. The molecule has 13 heavy (non-hydrogen) atoms. The first kappa shape index (κ1) is 8.57. The highest BCUT2D eigenvalue weighted by atomic mass is 14.8. The van der Waals surface area contributed by atoms with Crippen LogP contribution in [0.1, 0.15) is 31.2 Å². The van der Waals surface area contributed by atoms with E-state index >= 15 is 0 Å². The van der Waals surface area contributed by atoms with E-state index in [2.05, 4.69) is 6.07 Å². The van der Waals surface area contributed by atoms with E-state index in [0.29, 0.717) is 0 Å². The summed E-state index contributed by atoms with van der Waals surface area (Å²) in [5.74, 6) is 0. The Balaban J connectivity index is 2.39. The highest BCUT2D eigenvalue weighted by Crippen LogP contribution is 2.38. The van der Waals surface area contributed by atoms with Crippen LogP contribution in [0.25, 0.3) is 0 Å². The van der Waals surface area contributed by atoms with E-state index in [1.807, 2.05) is 18.2 Å². The molecule has 1 saturated carbocycles. The summed E-state index contributed by atoms with van der Waals surface area (Å²) in [4.78, 5) is 0. The minimum absolute atomic E-state index is 0.147. The normalized spacial score (nSPS) is 20.4. The third kappa shape index (κ3) is 1.42.